The van der Waals surface area contributed by atoms with Crippen molar-refractivity contribution < 1.29 is 24.2 Å². The molecule has 0 radical (unpaired) electrons. The number of nitrogens with one attached hydrogen (secondary N) is 1. The Balaban J connectivity index is 2.00. The van der Waals surface area contributed by atoms with Gasteiger partial charge in [-0.1, -0.05) is 30.3 Å². The van der Waals surface area contributed by atoms with Gasteiger partial charge in [-0.15, -0.1) is 0 Å². The average Bonchev–Trinajstić information content (AvgIpc) is 2.75. The van der Waals surface area contributed by atoms with Crippen LogP contribution in [0.25, 0.3) is 0 Å². The summed E-state index contributed by atoms with van der Waals surface area (Å²) in [4.78, 5) is 27.1. The minimum atomic E-state index is -0.747. The summed E-state index contributed by atoms with van der Waals surface area (Å²) in [6.45, 7) is 2.15. The van der Waals surface area contributed by atoms with E-state index in [0.29, 0.717) is 34.3 Å². The lowest BCUT2D eigenvalue weighted by molar-refractivity contribution is -0.136. The highest BCUT2D eigenvalue weighted by Crippen LogP contribution is 2.40. The van der Waals surface area contributed by atoms with Crippen LogP contribution in [0.3, 0.4) is 0 Å². The Bertz CT molecular complexity index is 991. The third kappa shape index (κ3) is 4.28. The van der Waals surface area contributed by atoms with Crippen LogP contribution in [-0.4, -0.2) is 42.8 Å². The summed E-state index contributed by atoms with van der Waals surface area (Å²) in [5, 5.41) is 13.0. The lowest BCUT2D eigenvalue weighted by atomic mass is 9.94. The number of rotatable bonds is 6. The zero-order valence-corrected chi connectivity index (χ0v) is 18.5. The van der Waals surface area contributed by atoms with Crippen LogP contribution in [0.1, 0.15) is 24.1 Å². The molecule has 0 bridgehead atoms. The minimum absolute atomic E-state index is 0.0619. The van der Waals surface area contributed by atoms with E-state index in [-0.39, 0.29) is 17.5 Å². The van der Waals surface area contributed by atoms with E-state index in [4.69, 9.17) is 9.47 Å². The first-order chi connectivity index (χ1) is 14.4. The Kier molecular flexibility index (Phi) is 6.66. The van der Waals surface area contributed by atoms with Crippen LogP contribution in [0, 0.1) is 0 Å². The van der Waals surface area contributed by atoms with Crippen molar-refractivity contribution in [1.29, 1.82) is 0 Å². The second-order valence-corrected chi connectivity index (χ2v) is 7.67. The van der Waals surface area contributed by atoms with E-state index < -0.39 is 12.0 Å². The standard InChI is InChI=1S/C22H23BrN2O5/c1-13-18(21(27)30-3)19(15-11-16(23)20(26)17(12-15)29-2)24-22(28)25(13)10-9-14-7-5-4-6-8-14/h4-8,11-12,19,26H,9-10H2,1-3H3,(H,24,28)/t19-/m1/s1. The first kappa shape index (κ1) is 21.7. The van der Waals surface area contributed by atoms with Gasteiger partial charge in [0, 0.05) is 12.2 Å². The smallest absolute Gasteiger partial charge is 0.337 e. The topological polar surface area (TPSA) is 88.1 Å². The zero-order chi connectivity index (χ0) is 21.8. The number of nitrogens with zero attached hydrogens (tertiary/aromatic N) is 1. The van der Waals surface area contributed by atoms with Gasteiger partial charge in [-0.2, -0.15) is 0 Å². The summed E-state index contributed by atoms with van der Waals surface area (Å²) in [5.41, 5.74) is 2.51. The molecule has 3 rings (SSSR count). The number of halogens is 1. The molecule has 1 atom stereocenters. The van der Waals surface area contributed by atoms with E-state index in [1.54, 1.807) is 24.0 Å². The molecule has 1 aliphatic heterocycles. The van der Waals surface area contributed by atoms with Gasteiger partial charge in [0.2, 0.25) is 0 Å². The van der Waals surface area contributed by atoms with Crippen molar-refractivity contribution in [1.82, 2.24) is 10.2 Å². The SMILES string of the molecule is COC(=O)C1=C(C)N(CCc2ccccc2)C(=O)N[C@@H]1c1cc(Br)c(O)c(OC)c1. The van der Waals surface area contributed by atoms with Crippen LogP contribution in [0.4, 0.5) is 4.79 Å². The van der Waals surface area contributed by atoms with E-state index in [0.717, 1.165) is 5.56 Å². The Morgan fingerprint density at radius 2 is 1.93 bits per heavy atom. The summed E-state index contributed by atoms with van der Waals surface area (Å²) >= 11 is 3.29. The monoisotopic (exact) mass is 474 g/mol. The molecule has 2 aromatic rings. The third-order valence-corrected chi connectivity index (χ3v) is 5.68. The molecule has 0 aromatic heterocycles. The largest absolute Gasteiger partial charge is 0.503 e. The number of methoxy groups -OCH3 is 2. The molecular formula is C22H23BrN2O5. The molecule has 8 heteroatoms. The summed E-state index contributed by atoms with van der Waals surface area (Å²) in [6.07, 6.45) is 0.642. The number of carbonyl (C=O) groups is 2. The Hall–Kier alpha value is -3.00. The van der Waals surface area contributed by atoms with E-state index in [9.17, 15) is 14.7 Å². The number of benzene rings is 2. The second-order valence-electron chi connectivity index (χ2n) is 6.81. The van der Waals surface area contributed by atoms with Gasteiger partial charge < -0.3 is 19.9 Å². The molecule has 0 fully saturated rings. The van der Waals surface area contributed by atoms with Crippen LogP contribution in [0.5, 0.6) is 11.5 Å². The molecule has 0 saturated heterocycles. The van der Waals surface area contributed by atoms with E-state index >= 15 is 0 Å². The van der Waals surface area contributed by atoms with Crippen LogP contribution in [0.2, 0.25) is 0 Å². The van der Waals surface area contributed by atoms with E-state index in [1.807, 2.05) is 30.3 Å². The van der Waals surface area contributed by atoms with Crippen molar-refractivity contribution in [3.05, 3.63) is 69.3 Å². The number of phenols is 1. The Labute approximate surface area is 183 Å². The number of amides is 2. The summed E-state index contributed by atoms with van der Waals surface area (Å²) < 4.78 is 10.6. The van der Waals surface area contributed by atoms with Crippen molar-refractivity contribution >= 4 is 27.9 Å². The normalized spacial score (nSPS) is 16.3. The van der Waals surface area contributed by atoms with Crippen LogP contribution in [0.15, 0.2) is 58.2 Å². The molecule has 1 heterocycles. The fraction of sp³-hybridized carbons (Fsp3) is 0.273. The molecule has 1 aliphatic rings. The lowest BCUT2D eigenvalue weighted by Gasteiger charge is -2.35. The number of carbonyl (C=O) groups excluding carboxylic acids is 2. The number of hydrogen-bond donors (Lipinski definition) is 2. The number of ether oxygens (including phenoxy) is 2. The molecule has 30 heavy (non-hydrogen) atoms. The zero-order valence-electron chi connectivity index (χ0n) is 16.9. The fourth-order valence-corrected chi connectivity index (χ4v) is 3.94. The van der Waals surface area contributed by atoms with Gasteiger partial charge >= 0.3 is 12.0 Å². The van der Waals surface area contributed by atoms with Crippen molar-refractivity contribution in [2.24, 2.45) is 0 Å². The average molecular weight is 475 g/mol. The highest BCUT2D eigenvalue weighted by molar-refractivity contribution is 9.10. The third-order valence-electron chi connectivity index (χ3n) is 5.07. The van der Waals surface area contributed by atoms with Crippen LogP contribution in [-0.2, 0) is 16.0 Å². The van der Waals surface area contributed by atoms with Gasteiger partial charge in [-0.25, -0.2) is 9.59 Å². The molecular weight excluding hydrogens is 452 g/mol. The second kappa shape index (κ2) is 9.21. The van der Waals surface area contributed by atoms with Gasteiger partial charge in [0.25, 0.3) is 0 Å². The van der Waals surface area contributed by atoms with Crippen LogP contribution >= 0.6 is 15.9 Å². The Morgan fingerprint density at radius 3 is 2.57 bits per heavy atom. The molecule has 158 valence electrons. The van der Waals surface area contributed by atoms with Gasteiger partial charge in [0.15, 0.2) is 11.5 Å². The number of phenolic OH excluding ortho intramolecular Hbond substituents is 1. The van der Waals surface area contributed by atoms with Crippen molar-refractivity contribution in [3.8, 4) is 11.5 Å². The maximum atomic E-state index is 12.9. The van der Waals surface area contributed by atoms with Gasteiger partial charge in [-0.3, -0.25) is 4.90 Å². The van der Waals surface area contributed by atoms with Gasteiger partial charge in [0.1, 0.15) is 0 Å². The van der Waals surface area contributed by atoms with Crippen LogP contribution < -0.4 is 10.1 Å². The lowest BCUT2D eigenvalue weighted by Crippen LogP contribution is -2.48. The number of aromatic hydroxyl groups is 1. The molecule has 0 aliphatic carbocycles. The van der Waals surface area contributed by atoms with Gasteiger partial charge in [-0.05, 0) is 52.5 Å². The molecule has 2 aromatic carbocycles. The first-order valence-corrected chi connectivity index (χ1v) is 10.1. The first-order valence-electron chi connectivity index (χ1n) is 9.34. The summed E-state index contributed by atoms with van der Waals surface area (Å²) in [7, 11) is 2.73. The summed E-state index contributed by atoms with van der Waals surface area (Å²) in [6, 6.07) is 12.0. The highest BCUT2D eigenvalue weighted by Gasteiger charge is 2.36. The molecule has 7 nitrogen and oxygen atoms in total. The number of allylic oxidation sites excluding steroid dienone is 1. The van der Waals surface area contributed by atoms with Crippen molar-refractivity contribution in [2.45, 2.75) is 19.4 Å². The minimum Gasteiger partial charge on any atom is -0.503 e. The van der Waals surface area contributed by atoms with E-state index in [2.05, 4.69) is 21.2 Å². The molecule has 0 spiro atoms. The molecule has 2 N–H and O–H groups in total. The van der Waals surface area contributed by atoms with Gasteiger partial charge in [0.05, 0.1) is 30.3 Å². The summed E-state index contributed by atoms with van der Waals surface area (Å²) in [5.74, 6) is -0.374. The van der Waals surface area contributed by atoms with E-state index in [1.165, 1.54) is 14.2 Å². The predicted molar refractivity (Wildman–Crippen MR) is 115 cm³/mol. The molecule has 2 amide bonds. The fourth-order valence-electron chi connectivity index (χ4n) is 3.48. The molecule has 0 saturated carbocycles. The number of esters is 1. The number of urea groups is 1. The number of hydrogen-bond acceptors (Lipinski definition) is 5. The maximum absolute atomic E-state index is 12.9. The molecule has 0 unspecified atom stereocenters. The Morgan fingerprint density at radius 1 is 1.23 bits per heavy atom. The maximum Gasteiger partial charge on any atom is 0.337 e. The highest BCUT2D eigenvalue weighted by atomic mass is 79.9. The quantitative estimate of drug-likeness (QED) is 0.619. The predicted octanol–water partition coefficient (Wildman–Crippen LogP) is 3.92. The van der Waals surface area contributed by atoms with Crippen molar-refractivity contribution in [2.75, 3.05) is 20.8 Å². The van der Waals surface area contributed by atoms with Crippen molar-refractivity contribution in [3.63, 3.8) is 0 Å².